The Balaban J connectivity index is 1.37. The Labute approximate surface area is 285 Å². The first-order valence-electron chi connectivity index (χ1n) is 17.3. The second kappa shape index (κ2) is 11.0. The van der Waals surface area contributed by atoms with Crippen molar-refractivity contribution in [1.29, 1.82) is 0 Å². The molecular weight excluding hydrogens is 595 g/mol. The van der Waals surface area contributed by atoms with Gasteiger partial charge in [0.15, 0.2) is 0 Å². The van der Waals surface area contributed by atoms with Gasteiger partial charge in [-0.25, -0.2) is 0 Å². The predicted molar refractivity (Wildman–Crippen MR) is 207 cm³/mol. The lowest BCUT2D eigenvalue weighted by Gasteiger charge is -2.27. The third-order valence-electron chi connectivity index (χ3n) is 10.5. The van der Waals surface area contributed by atoms with Crippen molar-refractivity contribution >= 4 is 61.0 Å². The van der Waals surface area contributed by atoms with Gasteiger partial charge >= 0.3 is 0 Å². The standard InChI is InChI=1S/C46H35N3/c1-30-16-15-26-38-43-42-37-25-13-14-27-40(37)49(41-29-33(31-17-5-2-6-18-31)28-39(47-41)32-19-7-3-8-20-32)46(42)36-24-12-11-23-35(36)45(43)48(44(30)38)34-21-9-4-10-22-34/h2-15,17-30,39,47H,16H2,1H3. The van der Waals surface area contributed by atoms with Gasteiger partial charge in [-0.3, -0.25) is 4.57 Å². The van der Waals surface area contributed by atoms with Crippen molar-refractivity contribution in [3.8, 4) is 5.69 Å². The van der Waals surface area contributed by atoms with Crippen molar-refractivity contribution in [3.05, 3.63) is 180 Å². The van der Waals surface area contributed by atoms with Gasteiger partial charge in [0.2, 0.25) is 0 Å². The molecule has 6 aromatic carbocycles. The van der Waals surface area contributed by atoms with Crippen LogP contribution in [0.3, 0.4) is 0 Å². The summed E-state index contributed by atoms with van der Waals surface area (Å²) >= 11 is 0. The minimum absolute atomic E-state index is 0.0123. The summed E-state index contributed by atoms with van der Waals surface area (Å²) in [6.07, 6.45) is 10.5. The zero-order valence-corrected chi connectivity index (χ0v) is 27.3. The number of nitrogens with one attached hydrogen (secondary N) is 1. The molecule has 3 nitrogen and oxygen atoms in total. The molecule has 1 N–H and O–H groups in total. The molecule has 0 fully saturated rings. The molecule has 0 amide bonds. The van der Waals surface area contributed by atoms with Crippen molar-refractivity contribution < 1.29 is 0 Å². The van der Waals surface area contributed by atoms with E-state index in [1.807, 2.05) is 0 Å². The van der Waals surface area contributed by atoms with Crippen LogP contribution >= 0.6 is 0 Å². The third kappa shape index (κ3) is 4.22. The first-order chi connectivity index (χ1) is 24.3. The fourth-order valence-corrected chi connectivity index (χ4v) is 8.41. The van der Waals surface area contributed by atoms with Crippen LogP contribution in [0.15, 0.2) is 158 Å². The van der Waals surface area contributed by atoms with E-state index >= 15 is 0 Å². The van der Waals surface area contributed by atoms with E-state index in [4.69, 9.17) is 0 Å². The normalized spacial score (nSPS) is 17.3. The molecule has 2 aromatic heterocycles. The molecule has 234 valence electrons. The van der Waals surface area contributed by atoms with Gasteiger partial charge in [-0.2, -0.15) is 0 Å². The Kier molecular flexibility index (Phi) is 6.29. The van der Waals surface area contributed by atoms with Crippen LogP contribution in [0.25, 0.3) is 66.6 Å². The van der Waals surface area contributed by atoms with E-state index in [-0.39, 0.29) is 6.04 Å². The summed E-state index contributed by atoms with van der Waals surface area (Å²) in [4.78, 5) is 0. The second-order valence-corrected chi connectivity index (χ2v) is 13.4. The highest BCUT2D eigenvalue weighted by Gasteiger charge is 2.30. The Morgan fingerprint density at radius 1 is 0.612 bits per heavy atom. The number of hydrogen-bond acceptors (Lipinski definition) is 1. The molecule has 0 saturated carbocycles. The van der Waals surface area contributed by atoms with Gasteiger partial charge < -0.3 is 9.88 Å². The second-order valence-electron chi connectivity index (χ2n) is 13.4. The summed E-state index contributed by atoms with van der Waals surface area (Å²) < 4.78 is 5.06. The number of benzene rings is 6. The number of hydrogen-bond donors (Lipinski definition) is 1. The smallest absolute Gasteiger partial charge is 0.112 e. The first-order valence-corrected chi connectivity index (χ1v) is 17.3. The van der Waals surface area contributed by atoms with Crippen molar-refractivity contribution in [3.63, 3.8) is 0 Å². The highest BCUT2D eigenvalue weighted by Crippen LogP contribution is 2.49. The predicted octanol–water partition coefficient (Wildman–Crippen LogP) is 11.6. The van der Waals surface area contributed by atoms with Gasteiger partial charge in [0, 0.05) is 49.8 Å². The minimum atomic E-state index is 0.0123. The molecule has 49 heavy (non-hydrogen) atoms. The first kappa shape index (κ1) is 28.0. The Hall–Kier alpha value is -6.06. The van der Waals surface area contributed by atoms with E-state index < -0.39 is 0 Å². The van der Waals surface area contributed by atoms with Crippen LogP contribution in [0, 0.1) is 0 Å². The lowest BCUT2D eigenvalue weighted by molar-refractivity contribution is 0.724. The van der Waals surface area contributed by atoms with Crippen LogP contribution in [-0.4, -0.2) is 9.13 Å². The molecule has 8 aromatic rings. The lowest BCUT2D eigenvalue weighted by Crippen LogP contribution is -2.25. The highest BCUT2D eigenvalue weighted by molar-refractivity contribution is 6.34. The van der Waals surface area contributed by atoms with Gasteiger partial charge in [0.05, 0.1) is 22.6 Å². The molecule has 3 heteroatoms. The number of dihydropyridines is 1. The van der Waals surface area contributed by atoms with Crippen LogP contribution in [0.5, 0.6) is 0 Å². The van der Waals surface area contributed by atoms with Crippen molar-refractivity contribution in [2.24, 2.45) is 0 Å². The summed E-state index contributed by atoms with van der Waals surface area (Å²) in [5, 5.41) is 10.4. The summed E-state index contributed by atoms with van der Waals surface area (Å²) in [6, 6.07) is 50.5. The molecule has 1 aliphatic carbocycles. The number of fused-ring (bicyclic) bond motifs is 10. The number of rotatable bonds is 4. The minimum Gasteiger partial charge on any atom is -0.361 e. The maximum atomic E-state index is 4.00. The molecule has 1 aliphatic heterocycles. The van der Waals surface area contributed by atoms with E-state index in [0.717, 1.165) is 12.2 Å². The van der Waals surface area contributed by atoms with Crippen LogP contribution < -0.4 is 5.32 Å². The summed E-state index contributed by atoms with van der Waals surface area (Å²) in [6.45, 7) is 2.38. The van der Waals surface area contributed by atoms with Gasteiger partial charge in [-0.15, -0.1) is 0 Å². The largest absolute Gasteiger partial charge is 0.361 e. The van der Waals surface area contributed by atoms with Gasteiger partial charge in [0.25, 0.3) is 0 Å². The van der Waals surface area contributed by atoms with E-state index in [1.54, 1.807) is 0 Å². The molecular formula is C46H35N3. The average Bonchev–Trinajstić information content (AvgIpc) is 3.71. The third-order valence-corrected chi connectivity index (χ3v) is 10.5. The van der Waals surface area contributed by atoms with Gasteiger partial charge in [-0.1, -0.05) is 140 Å². The molecule has 0 saturated heterocycles. The van der Waals surface area contributed by atoms with E-state index in [0.29, 0.717) is 5.92 Å². The van der Waals surface area contributed by atoms with Gasteiger partial charge in [-0.05, 0) is 53.5 Å². The van der Waals surface area contributed by atoms with Crippen molar-refractivity contribution in [2.75, 3.05) is 0 Å². The maximum Gasteiger partial charge on any atom is 0.112 e. The summed E-state index contributed by atoms with van der Waals surface area (Å²) in [5.41, 5.74) is 11.3. The molecule has 3 heterocycles. The fourth-order valence-electron chi connectivity index (χ4n) is 8.41. The quantitative estimate of drug-likeness (QED) is 0.206. The Morgan fingerprint density at radius 3 is 1.96 bits per heavy atom. The molecule has 0 spiro atoms. The Morgan fingerprint density at radius 2 is 1.22 bits per heavy atom. The van der Waals surface area contributed by atoms with Crippen molar-refractivity contribution in [1.82, 2.24) is 14.5 Å². The Bertz CT molecular complexity index is 2650. The van der Waals surface area contributed by atoms with Crippen LogP contribution in [0.4, 0.5) is 0 Å². The molecule has 2 unspecified atom stereocenters. The number of nitrogens with zero attached hydrogens (tertiary/aromatic N) is 2. The summed E-state index contributed by atoms with van der Waals surface area (Å²) in [7, 11) is 0. The topological polar surface area (TPSA) is 21.9 Å². The maximum absolute atomic E-state index is 4.00. The van der Waals surface area contributed by atoms with E-state index in [2.05, 4.69) is 185 Å². The molecule has 2 atom stereocenters. The number of aromatic nitrogens is 2. The zero-order chi connectivity index (χ0) is 32.5. The van der Waals surface area contributed by atoms with Crippen LogP contribution in [0.2, 0.25) is 0 Å². The average molecular weight is 630 g/mol. The van der Waals surface area contributed by atoms with Crippen molar-refractivity contribution in [2.45, 2.75) is 25.3 Å². The van der Waals surface area contributed by atoms with E-state index in [1.165, 1.54) is 77.1 Å². The molecule has 0 radical (unpaired) electrons. The fraction of sp³-hybridized carbons (Fsp3) is 0.0870. The molecule has 0 bridgehead atoms. The lowest BCUT2D eigenvalue weighted by atomic mass is 9.91. The monoisotopic (exact) mass is 629 g/mol. The highest BCUT2D eigenvalue weighted by atomic mass is 15.2. The van der Waals surface area contributed by atoms with Crippen LogP contribution in [0.1, 0.15) is 47.7 Å². The van der Waals surface area contributed by atoms with E-state index in [9.17, 15) is 0 Å². The summed E-state index contributed by atoms with van der Waals surface area (Å²) in [5.74, 6) is 1.47. The van der Waals surface area contributed by atoms with Crippen LogP contribution in [-0.2, 0) is 0 Å². The molecule has 10 rings (SSSR count). The number of para-hydroxylation sites is 2. The molecule has 2 aliphatic rings. The number of allylic oxidation sites excluding steroid dienone is 3. The van der Waals surface area contributed by atoms with Gasteiger partial charge in [0.1, 0.15) is 5.82 Å². The SMILES string of the molecule is CC1CC=Cc2c1n(-c1ccccc1)c1c3ccccc3c3c(c4ccccc4n3C3=CC(c4ccccc4)=CC(c4ccccc4)N3)c21. The zero-order valence-electron chi connectivity index (χ0n) is 27.3.